The maximum absolute atomic E-state index is 11.9. The Morgan fingerprint density at radius 3 is 1.47 bits per heavy atom. The van der Waals surface area contributed by atoms with E-state index in [9.17, 15) is 4.79 Å². The van der Waals surface area contributed by atoms with Crippen LogP contribution in [0.5, 0.6) is 0 Å². The Balaban J connectivity index is 1.73. The summed E-state index contributed by atoms with van der Waals surface area (Å²) in [4.78, 5) is 11.9. The smallest absolute Gasteiger partial charge is 0.338 e. The SMILES string of the molecule is C=Cc1ccc(C(=O)OCCOCCOCCOCCOCCCCCOCCOCCOC)cc1. The van der Waals surface area contributed by atoms with Gasteiger partial charge in [-0.25, -0.2) is 4.79 Å². The number of carbonyl (C=O) groups is 1. The number of rotatable bonds is 26. The minimum Gasteiger partial charge on any atom is -0.460 e. The fourth-order valence-electron chi connectivity index (χ4n) is 2.84. The summed E-state index contributed by atoms with van der Waals surface area (Å²) >= 11 is 0. The molecule has 0 aromatic heterocycles. The van der Waals surface area contributed by atoms with Gasteiger partial charge in [-0.3, -0.25) is 0 Å². The van der Waals surface area contributed by atoms with Crippen LogP contribution in [0.25, 0.3) is 6.08 Å². The summed E-state index contributed by atoms with van der Waals surface area (Å²) in [5, 5.41) is 0. The van der Waals surface area contributed by atoms with Crippen molar-refractivity contribution in [3.05, 3.63) is 42.0 Å². The second-order valence-corrected chi connectivity index (χ2v) is 7.69. The lowest BCUT2D eigenvalue weighted by atomic mass is 10.1. The molecule has 9 heteroatoms. The van der Waals surface area contributed by atoms with Crippen LogP contribution in [-0.4, -0.2) is 106 Å². The van der Waals surface area contributed by atoms with Crippen LogP contribution >= 0.6 is 0 Å². The van der Waals surface area contributed by atoms with Crippen molar-refractivity contribution in [3.8, 4) is 0 Å². The van der Waals surface area contributed by atoms with Crippen molar-refractivity contribution >= 4 is 12.0 Å². The van der Waals surface area contributed by atoms with Crippen LogP contribution in [0.3, 0.4) is 0 Å². The van der Waals surface area contributed by atoms with Crippen molar-refractivity contribution in [1.82, 2.24) is 0 Å². The lowest BCUT2D eigenvalue weighted by Gasteiger charge is -2.08. The van der Waals surface area contributed by atoms with Crippen molar-refractivity contribution in [2.75, 3.05) is 99.6 Å². The molecule has 0 heterocycles. The van der Waals surface area contributed by atoms with Crippen LogP contribution in [0.4, 0.5) is 0 Å². The summed E-state index contributed by atoms with van der Waals surface area (Å²) in [6.07, 6.45) is 4.83. The molecule has 0 aliphatic rings. The van der Waals surface area contributed by atoms with E-state index in [0.29, 0.717) is 78.2 Å². The molecule has 0 amide bonds. The fourth-order valence-corrected chi connectivity index (χ4v) is 2.84. The Morgan fingerprint density at radius 1 is 0.611 bits per heavy atom. The number of carbonyl (C=O) groups excluding carboxylic acids is 1. The lowest BCUT2D eigenvalue weighted by Crippen LogP contribution is -2.14. The van der Waals surface area contributed by atoms with E-state index in [2.05, 4.69) is 6.58 Å². The van der Waals surface area contributed by atoms with E-state index in [1.807, 2.05) is 12.1 Å². The van der Waals surface area contributed by atoms with E-state index >= 15 is 0 Å². The van der Waals surface area contributed by atoms with Crippen molar-refractivity contribution in [1.29, 1.82) is 0 Å². The molecule has 9 nitrogen and oxygen atoms in total. The van der Waals surface area contributed by atoms with Gasteiger partial charge in [-0.2, -0.15) is 0 Å². The van der Waals surface area contributed by atoms with Gasteiger partial charge in [0.2, 0.25) is 0 Å². The Labute approximate surface area is 215 Å². The second-order valence-electron chi connectivity index (χ2n) is 7.69. The second kappa shape index (κ2) is 24.8. The first kappa shape index (κ1) is 32.2. The minimum absolute atomic E-state index is 0.198. The highest BCUT2D eigenvalue weighted by atomic mass is 16.6. The number of unbranched alkanes of at least 4 members (excludes halogenated alkanes) is 2. The topological polar surface area (TPSA) is 90.9 Å². The van der Waals surface area contributed by atoms with Crippen molar-refractivity contribution in [2.45, 2.75) is 19.3 Å². The molecule has 36 heavy (non-hydrogen) atoms. The molecular formula is C27H44O9. The summed E-state index contributed by atoms with van der Waals surface area (Å²) in [5.41, 5.74) is 1.46. The number of ether oxygens (including phenoxy) is 8. The zero-order valence-electron chi connectivity index (χ0n) is 21.8. The van der Waals surface area contributed by atoms with Gasteiger partial charge < -0.3 is 37.9 Å². The van der Waals surface area contributed by atoms with E-state index < -0.39 is 0 Å². The lowest BCUT2D eigenvalue weighted by molar-refractivity contribution is -0.00928. The molecule has 1 aromatic rings. The van der Waals surface area contributed by atoms with Crippen LogP contribution in [0, 0.1) is 0 Å². The highest BCUT2D eigenvalue weighted by molar-refractivity contribution is 5.89. The largest absolute Gasteiger partial charge is 0.460 e. The molecule has 1 rings (SSSR count). The van der Waals surface area contributed by atoms with Crippen molar-refractivity contribution < 1.29 is 42.7 Å². The molecule has 0 unspecified atom stereocenters. The summed E-state index contributed by atoms with van der Waals surface area (Å²) in [6.45, 7) is 11.2. The number of hydrogen-bond acceptors (Lipinski definition) is 9. The molecule has 0 aliphatic carbocycles. The molecule has 0 radical (unpaired) electrons. The molecule has 206 valence electrons. The van der Waals surface area contributed by atoms with Crippen LogP contribution < -0.4 is 0 Å². The highest BCUT2D eigenvalue weighted by Crippen LogP contribution is 2.06. The van der Waals surface area contributed by atoms with E-state index in [-0.39, 0.29) is 12.6 Å². The van der Waals surface area contributed by atoms with E-state index in [4.69, 9.17) is 37.9 Å². The molecule has 0 aliphatic heterocycles. The molecular weight excluding hydrogens is 468 g/mol. The summed E-state index contributed by atoms with van der Waals surface area (Å²) in [5.74, 6) is -0.368. The summed E-state index contributed by atoms with van der Waals surface area (Å²) < 4.78 is 42.8. The van der Waals surface area contributed by atoms with Gasteiger partial charge in [0.25, 0.3) is 0 Å². The molecule has 0 saturated carbocycles. The van der Waals surface area contributed by atoms with Gasteiger partial charge in [-0.1, -0.05) is 24.8 Å². The summed E-state index contributed by atoms with van der Waals surface area (Å²) in [7, 11) is 1.66. The fraction of sp³-hybridized carbons (Fsp3) is 0.667. The van der Waals surface area contributed by atoms with E-state index in [0.717, 1.165) is 38.0 Å². The van der Waals surface area contributed by atoms with Gasteiger partial charge in [0.1, 0.15) is 6.61 Å². The predicted octanol–water partition coefficient (Wildman–Crippen LogP) is 3.40. The average molecular weight is 513 g/mol. The first-order chi connectivity index (χ1) is 17.8. The highest BCUT2D eigenvalue weighted by Gasteiger charge is 2.06. The Morgan fingerprint density at radius 2 is 1.03 bits per heavy atom. The van der Waals surface area contributed by atoms with E-state index in [1.165, 1.54) is 0 Å². The van der Waals surface area contributed by atoms with Gasteiger partial charge in [-0.05, 0) is 37.0 Å². The molecule has 0 saturated heterocycles. The zero-order valence-corrected chi connectivity index (χ0v) is 21.8. The monoisotopic (exact) mass is 512 g/mol. The third-order valence-electron chi connectivity index (χ3n) is 4.84. The number of esters is 1. The Kier molecular flexibility index (Phi) is 22.2. The molecule has 1 aromatic carbocycles. The van der Waals surface area contributed by atoms with Crippen molar-refractivity contribution in [3.63, 3.8) is 0 Å². The van der Waals surface area contributed by atoms with Gasteiger partial charge in [0.15, 0.2) is 0 Å². The molecule has 0 fully saturated rings. The average Bonchev–Trinajstić information content (AvgIpc) is 2.91. The zero-order chi connectivity index (χ0) is 25.9. The normalized spacial score (nSPS) is 11.0. The third kappa shape index (κ3) is 19.4. The number of hydrogen-bond donors (Lipinski definition) is 0. The van der Waals surface area contributed by atoms with Crippen LogP contribution in [-0.2, 0) is 37.9 Å². The predicted molar refractivity (Wildman–Crippen MR) is 137 cm³/mol. The first-order valence-corrected chi connectivity index (χ1v) is 12.6. The van der Waals surface area contributed by atoms with E-state index in [1.54, 1.807) is 25.3 Å². The maximum atomic E-state index is 11.9. The van der Waals surface area contributed by atoms with Crippen molar-refractivity contribution in [2.24, 2.45) is 0 Å². The maximum Gasteiger partial charge on any atom is 0.338 e. The van der Waals surface area contributed by atoms with Crippen LogP contribution in [0.15, 0.2) is 30.8 Å². The Bertz CT molecular complexity index is 637. The van der Waals surface area contributed by atoms with Crippen LogP contribution in [0.2, 0.25) is 0 Å². The molecule has 0 atom stereocenters. The third-order valence-corrected chi connectivity index (χ3v) is 4.84. The Hall–Kier alpha value is -1.85. The van der Waals surface area contributed by atoms with Gasteiger partial charge >= 0.3 is 5.97 Å². The van der Waals surface area contributed by atoms with Gasteiger partial charge in [-0.15, -0.1) is 0 Å². The quantitative estimate of drug-likeness (QED) is 0.137. The van der Waals surface area contributed by atoms with Gasteiger partial charge in [0, 0.05) is 20.3 Å². The first-order valence-electron chi connectivity index (χ1n) is 12.6. The number of benzene rings is 1. The van der Waals surface area contributed by atoms with Gasteiger partial charge in [0.05, 0.1) is 78.2 Å². The number of methoxy groups -OCH3 is 1. The summed E-state index contributed by atoms with van der Waals surface area (Å²) in [6, 6.07) is 7.06. The van der Waals surface area contributed by atoms with Crippen LogP contribution in [0.1, 0.15) is 35.2 Å². The molecule has 0 bridgehead atoms. The molecule has 0 N–H and O–H groups in total. The molecule has 0 spiro atoms. The standard InChI is InChI=1S/C27H44O9/c1-3-25-7-9-26(10-8-25)27(28)36-24-23-35-22-21-34-20-19-33-18-16-31-12-6-4-5-11-30-15-17-32-14-13-29-2/h3,7-10H,1,4-6,11-24H2,2H3. The minimum atomic E-state index is -0.368.